The zero-order valence-corrected chi connectivity index (χ0v) is 20.3. The maximum Gasteiger partial charge on any atom is 0.160 e. The zero-order valence-electron chi connectivity index (χ0n) is 20.3. The molecule has 0 amide bonds. The van der Waals surface area contributed by atoms with E-state index >= 15 is 0 Å². The molecule has 0 bridgehead atoms. The fourth-order valence-electron chi connectivity index (χ4n) is 4.89. The van der Waals surface area contributed by atoms with E-state index in [-0.39, 0.29) is 6.10 Å². The molecule has 36 heavy (non-hydrogen) atoms. The quantitative estimate of drug-likeness (QED) is 0.498. The van der Waals surface area contributed by atoms with Crippen molar-refractivity contribution in [2.75, 3.05) is 62.3 Å². The maximum atomic E-state index is 9.83. The highest BCUT2D eigenvalue weighted by Gasteiger charge is 2.29. The van der Waals surface area contributed by atoms with Gasteiger partial charge in [-0.05, 0) is 55.6 Å². The number of aliphatic imine (C=N–C) groups is 3. The number of rotatable bonds is 6. The summed E-state index contributed by atoms with van der Waals surface area (Å²) in [5.41, 5.74) is 4.03. The van der Waals surface area contributed by atoms with Crippen LogP contribution in [0.15, 0.2) is 57.4 Å². The highest BCUT2D eigenvalue weighted by molar-refractivity contribution is 6.05. The van der Waals surface area contributed by atoms with Gasteiger partial charge in [-0.1, -0.05) is 0 Å². The van der Waals surface area contributed by atoms with Crippen LogP contribution in [0.1, 0.15) is 17.5 Å². The first-order chi connectivity index (χ1) is 17.6. The number of aliphatic hydroxyl groups excluding tert-OH is 1. The summed E-state index contributed by atoms with van der Waals surface area (Å²) in [4.78, 5) is 19.8. The van der Waals surface area contributed by atoms with Gasteiger partial charge in [-0.2, -0.15) is 5.26 Å². The van der Waals surface area contributed by atoms with Gasteiger partial charge in [0.15, 0.2) is 5.84 Å². The molecule has 0 radical (unpaired) electrons. The average Bonchev–Trinajstić information content (AvgIpc) is 3.32. The Kier molecular flexibility index (Phi) is 7.37. The predicted molar refractivity (Wildman–Crippen MR) is 143 cm³/mol. The third-order valence-corrected chi connectivity index (χ3v) is 7.08. The van der Waals surface area contributed by atoms with Crippen molar-refractivity contribution in [3.63, 3.8) is 0 Å². The minimum atomic E-state index is -0.355. The average molecular weight is 486 g/mol. The molecule has 1 atom stereocenters. The van der Waals surface area contributed by atoms with Gasteiger partial charge in [-0.15, -0.1) is 0 Å². The Morgan fingerprint density at radius 3 is 2.44 bits per heavy atom. The number of nitrogens with zero attached hydrogens (tertiary/aromatic N) is 7. The maximum absolute atomic E-state index is 9.83. The van der Waals surface area contributed by atoms with E-state index in [1.165, 1.54) is 12.0 Å². The molecule has 9 nitrogen and oxygen atoms in total. The first-order valence-electron chi connectivity index (χ1n) is 12.4. The van der Waals surface area contributed by atoms with Gasteiger partial charge in [0.25, 0.3) is 0 Å². The number of benzene rings is 2. The fourth-order valence-corrected chi connectivity index (χ4v) is 4.89. The van der Waals surface area contributed by atoms with E-state index in [9.17, 15) is 10.4 Å². The Bertz CT molecular complexity index is 1180. The Morgan fingerprint density at radius 1 is 1.06 bits per heavy atom. The van der Waals surface area contributed by atoms with Gasteiger partial charge in [0, 0.05) is 50.5 Å². The molecule has 3 saturated heterocycles. The molecule has 3 aliphatic heterocycles. The van der Waals surface area contributed by atoms with Crippen LogP contribution in [0.2, 0.25) is 0 Å². The summed E-state index contributed by atoms with van der Waals surface area (Å²) < 4.78 is 5.32. The van der Waals surface area contributed by atoms with Gasteiger partial charge in [0.05, 0.1) is 42.3 Å². The SMILES string of the molecule is C=NC(=NC=Nc1ccc(N2CCN(C3COC3)CC2)cc1)c1ccc(N2CC[C@H](O)C2)c(C#N)c1. The Balaban J connectivity index is 1.22. The number of amidine groups is 1. The Labute approximate surface area is 211 Å². The molecular weight excluding hydrogens is 454 g/mol. The number of hydrogen-bond donors (Lipinski definition) is 1. The number of anilines is 2. The molecule has 5 rings (SSSR count). The van der Waals surface area contributed by atoms with Crippen molar-refractivity contribution >= 4 is 36.0 Å². The van der Waals surface area contributed by atoms with E-state index in [4.69, 9.17) is 4.74 Å². The second-order valence-electron chi connectivity index (χ2n) is 9.32. The molecular formula is C27H31N7O2. The summed E-state index contributed by atoms with van der Waals surface area (Å²) >= 11 is 0. The van der Waals surface area contributed by atoms with Crippen LogP contribution < -0.4 is 9.80 Å². The van der Waals surface area contributed by atoms with Crippen LogP contribution in [0.25, 0.3) is 0 Å². The van der Waals surface area contributed by atoms with Crippen molar-refractivity contribution in [3.8, 4) is 6.07 Å². The van der Waals surface area contributed by atoms with Crippen molar-refractivity contribution < 1.29 is 9.84 Å². The smallest absolute Gasteiger partial charge is 0.160 e. The normalized spacial score (nSPS) is 21.6. The molecule has 9 heteroatoms. The molecule has 0 aliphatic carbocycles. The molecule has 2 aromatic carbocycles. The van der Waals surface area contributed by atoms with Gasteiger partial charge < -0.3 is 19.6 Å². The number of ether oxygens (including phenoxy) is 1. The summed E-state index contributed by atoms with van der Waals surface area (Å²) in [5.74, 6) is 0.398. The fraction of sp³-hybridized carbons (Fsp3) is 0.407. The van der Waals surface area contributed by atoms with E-state index in [2.05, 4.69) is 49.7 Å². The lowest BCUT2D eigenvalue weighted by Crippen LogP contribution is -2.56. The van der Waals surface area contributed by atoms with Gasteiger partial charge in [-0.25, -0.2) is 15.0 Å². The summed E-state index contributed by atoms with van der Waals surface area (Å²) in [7, 11) is 0. The molecule has 186 valence electrons. The third-order valence-electron chi connectivity index (χ3n) is 7.08. The van der Waals surface area contributed by atoms with E-state index in [1.807, 2.05) is 29.2 Å². The predicted octanol–water partition coefficient (Wildman–Crippen LogP) is 2.46. The van der Waals surface area contributed by atoms with Crippen LogP contribution >= 0.6 is 0 Å². The monoisotopic (exact) mass is 485 g/mol. The number of aliphatic hydroxyl groups is 1. The Morgan fingerprint density at radius 2 is 1.83 bits per heavy atom. The van der Waals surface area contributed by atoms with Gasteiger partial charge in [-0.3, -0.25) is 4.90 Å². The summed E-state index contributed by atoms with van der Waals surface area (Å²) in [5, 5.41) is 19.5. The summed E-state index contributed by atoms with van der Waals surface area (Å²) in [6, 6.07) is 16.5. The van der Waals surface area contributed by atoms with Gasteiger partial charge in [0.2, 0.25) is 0 Å². The molecule has 1 N–H and O–H groups in total. The van der Waals surface area contributed by atoms with Crippen molar-refractivity contribution in [1.82, 2.24) is 4.90 Å². The minimum Gasteiger partial charge on any atom is -0.391 e. The summed E-state index contributed by atoms with van der Waals surface area (Å²) in [6.07, 6.45) is 1.82. The van der Waals surface area contributed by atoms with Crippen LogP contribution in [0, 0.1) is 11.3 Å². The molecule has 0 saturated carbocycles. The minimum absolute atomic E-state index is 0.355. The van der Waals surface area contributed by atoms with E-state index in [1.54, 1.807) is 6.07 Å². The van der Waals surface area contributed by atoms with Crippen LogP contribution in [0.3, 0.4) is 0 Å². The molecule has 0 spiro atoms. The second kappa shape index (κ2) is 11.0. The van der Waals surface area contributed by atoms with E-state index < -0.39 is 0 Å². The highest BCUT2D eigenvalue weighted by atomic mass is 16.5. The number of hydrogen-bond acceptors (Lipinski definition) is 7. The van der Waals surface area contributed by atoms with Crippen LogP contribution in [-0.4, -0.2) is 93.5 Å². The van der Waals surface area contributed by atoms with Crippen molar-refractivity contribution in [2.24, 2.45) is 15.0 Å². The highest BCUT2D eigenvalue weighted by Crippen LogP contribution is 2.26. The lowest BCUT2D eigenvalue weighted by atomic mass is 10.1. The van der Waals surface area contributed by atoms with Crippen molar-refractivity contribution in [2.45, 2.75) is 18.6 Å². The first-order valence-corrected chi connectivity index (χ1v) is 12.4. The summed E-state index contributed by atoms with van der Waals surface area (Å²) in [6.45, 7) is 10.8. The molecule has 2 aromatic rings. The number of piperazine rings is 1. The first kappa shape index (κ1) is 24.1. The zero-order chi connectivity index (χ0) is 24.9. The van der Waals surface area contributed by atoms with E-state index in [0.29, 0.717) is 36.0 Å². The van der Waals surface area contributed by atoms with Crippen LogP contribution in [0.5, 0.6) is 0 Å². The topological polar surface area (TPSA) is 100 Å². The Hall–Kier alpha value is -3.58. The number of β-amino-alcohol motifs (C(OH)–C–C–N with tert-alkyl or cyclic N) is 1. The van der Waals surface area contributed by atoms with Crippen molar-refractivity contribution in [1.29, 1.82) is 5.26 Å². The molecule has 3 aliphatic rings. The van der Waals surface area contributed by atoms with Crippen LogP contribution in [0.4, 0.5) is 17.1 Å². The molecule has 3 fully saturated rings. The van der Waals surface area contributed by atoms with Crippen molar-refractivity contribution in [3.05, 3.63) is 53.6 Å². The standard InChI is InChI=1S/C27H31N7O2/c1-29-27(20-2-7-26(21(14-20)15-28)34-9-8-25(35)16-34)31-19-30-22-3-5-23(6-4-22)32-10-12-33(13-11-32)24-17-36-18-24/h2-7,14,19,24-25,35H,1,8-13,16-18H2/t25-/m0/s1. The largest absolute Gasteiger partial charge is 0.391 e. The van der Waals surface area contributed by atoms with Gasteiger partial charge >= 0.3 is 0 Å². The lowest BCUT2D eigenvalue weighted by Gasteiger charge is -2.43. The van der Waals surface area contributed by atoms with Gasteiger partial charge in [0.1, 0.15) is 12.4 Å². The van der Waals surface area contributed by atoms with E-state index in [0.717, 1.165) is 57.3 Å². The van der Waals surface area contributed by atoms with Crippen LogP contribution in [-0.2, 0) is 4.74 Å². The molecule has 0 aromatic heterocycles. The lowest BCUT2D eigenvalue weighted by molar-refractivity contribution is -0.0660. The third kappa shape index (κ3) is 5.31. The second-order valence-corrected chi connectivity index (χ2v) is 9.32. The number of nitriles is 1. The molecule has 0 unspecified atom stereocenters. The molecule has 3 heterocycles.